The molecule has 2 atom stereocenters. The standard InChI is InChI=1S/C29H29NO3/c1-5-33-28(32)24-17(2)30-22-15-29(3,4)16-23(31)26(22)27(24)25-20-12-8-6-10-18(20)14-19-11-7-9-13-21(19)25/h6-14,24,27H,5,15-16H2,1-4H3/t24?,27-/m1/s1. The molecule has 0 amide bonds. The molecule has 0 bridgehead atoms. The van der Waals surface area contributed by atoms with E-state index in [0.29, 0.717) is 18.6 Å². The Morgan fingerprint density at radius 2 is 1.64 bits per heavy atom. The lowest BCUT2D eigenvalue weighted by molar-refractivity contribution is -0.146. The third-order valence-electron chi connectivity index (χ3n) is 6.97. The average molecular weight is 440 g/mol. The molecule has 1 unspecified atom stereocenters. The van der Waals surface area contributed by atoms with E-state index in [1.165, 1.54) is 0 Å². The predicted octanol–water partition coefficient (Wildman–Crippen LogP) is 6.37. The number of hydrogen-bond donors (Lipinski definition) is 0. The molecule has 33 heavy (non-hydrogen) atoms. The summed E-state index contributed by atoms with van der Waals surface area (Å²) in [7, 11) is 0. The van der Waals surface area contributed by atoms with Crippen LogP contribution in [0.15, 0.2) is 70.9 Å². The van der Waals surface area contributed by atoms with Gasteiger partial charge in [-0.25, -0.2) is 0 Å². The van der Waals surface area contributed by atoms with E-state index < -0.39 is 11.8 Å². The molecule has 0 saturated heterocycles. The Bertz CT molecular complexity index is 1310. The van der Waals surface area contributed by atoms with E-state index in [9.17, 15) is 9.59 Å². The number of rotatable bonds is 3. The fourth-order valence-electron chi connectivity index (χ4n) is 5.68. The summed E-state index contributed by atoms with van der Waals surface area (Å²) < 4.78 is 5.53. The van der Waals surface area contributed by atoms with Crippen molar-refractivity contribution < 1.29 is 14.3 Å². The van der Waals surface area contributed by atoms with E-state index in [1.807, 2.05) is 38.1 Å². The maximum atomic E-state index is 13.7. The van der Waals surface area contributed by atoms with E-state index in [4.69, 9.17) is 9.73 Å². The lowest BCUT2D eigenvalue weighted by Gasteiger charge is -2.39. The topological polar surface area (TPSA) is 55.7 Å². The van der Waals surface area contributed by atoms with Crippen molar-refractivity contribution in [2.75, 3.05) is 6.61 Å². The third-order valence-corrected chi connectivity index (χ3v) is 6.97. The molecular weight excluding hydrogens is 410 g/mol. The van der Waals surface area contributed by atoms with E-state index in [-0.39, 0.29) is 17.2 Å². The summed E-state index contributed by atoms with van der Waals surface area (Å²) in [5, 5.41) is 4.32. The van der Waals surface area contributed by atoms with Crippen LogP contribution in [-0.4, -0.2) is 24.1 Å². The highest BCUT2D eigenvalue weighted by Crippen LogP contribution is 2.50. The fourth-order valence-corrected chi connectivity index (χ4v) is 5.68. The van der Waals surface area contributed by atoms with Crippen LogP contribution in [0.25, 0.3) is 21.5 Å². The first-order valence-electron chi connectivity index (χ1n) is 11.7. The fraction of sp³-hybridized carbons (Fsp3) is 0.345. The number of carbonyl (C=O) groups excluding carboxylic acids is 2. The number of hydrogen-bond acceptors (Lipinski definition) is 4. The summed E-state index contributed by atoms with van der Waals surface area (Å²) in [6.45, 7) is 8.23. The quantitative estimate of drug-likeness (QED) is 0.352. The third kappa shape index (κ3) is 3.58. The monoisotopic (exact) mass is 439 g/mol. The van der Waals surface area contributed by atoms with Gasteiger partial charge in [0.05, 0.1) is 6.61 Å². The van der Waals surface area contributed by atoms with Gasteiger partial charge in [-0.1, -0.05) is 62.4 Å². The van der Waals surface area contributed by atoms with Gasteiger partial charge in [0.1, 0.15) is 5.92 Å². The van der Waals surface area contributed by atoms with Crippen LogP contribution in [0.4, 0.5) is 0 Å². The predicted molar refractivity (Wildman–Crippen MR) is 132 cm³/mol. The van der Waals surface area contributed by atoms with Crippen molar-refractivity contribution in [2.24, 2.45) is 16.3 Å². The molecule has 4 nitrogen and oxygen atoms in total. The molecule has 0 N–H and O–H groups in total. The summed E-state index contributed by atoms with van der Waals surface area (Å²) in [4.78, 5) is 31.8. The van der Waals surface area contributed by atoms with E-state index in [0.717, 1.165) is 44.9 Å². The minimum atomic E-state index is -0.622. The molecular formula is C29H29NO3. The zero-order valence-electron chi connectivity index (χ0n) is 19.6. The summed E-state index contributed by atoms with van der Waals surface area (Å²) in [5.74, 6) is -1.27. The van der Waals surface area contributed by atoms with Crippen molar-refractivity contribution in [3.8, 4) is 0 Å². The molecule has 4 heteroatoms. The SMILES string of the molecule is CCOC(=O)C1C(C)=NC2=C(C(=O)CC(C)(C)C2)[C@H]1c1c2ccccc2cc2ccccc12. The summed E-state index contributed by atoms with van der Waals surface area (Å²) >= 11 is 0. The zero-order chi connectivity index (χ0) is 23.3. The lowest BCUT2D eigenvalue weighted by Crippen LogP contribution is -2.39. The molecule has 0 fully saturated rings. The number of ether oxygens (including phenoxy) is 1. The van der Waals surface area contributed by atoms with Gasteiger partial charge in [-0.3, -0.25) is 14.6 Å². The Morgan fingerprint density at radius 1 is 1.03 bits per heavy atom. The van der Waals surface area contributed by atoms with E-state index in [2.05, 4.69) is 44.2 Å². The molecule has 1 heterocycles. The van der Waals surface area contributed by atoms with Gasteiger partial charge in [-0.15, -0.1) is 0 Å². The van der Waals surface area contributed by atoms with Crippen LogP contribution in [-0.2, 0) is 14.3 Å². The van der Waals surface area contributed by atoms with Gasteiger partial charge in [-0.2, -0.15) is 0 Å². The molecule has 0 aromatic heterocycles. The van der Waals surface area contributed by atoms with Crippen LogP contribution in [0.1, 0.15) is 52.0 Å². The van der Waals surface area contributed by atoms with Crippen LogP contribution in [0.5, 0.6) is 0 Å². The molecule has 3 aromatic rings. The van der Waals surface area contributed by atoms with Gasteiger partial charge in [0.2, 0.25) is 0 Å². The molecule has 168 valence electrons. The second-order valence-electron chi connectivity index (χ2n) is 9.99. The molecule has 0 saturated carbocycles. The first-order chi connectivity index (χ1) is 15.8. The van der Waals surface area contributed by atoms with Crippen LogP contribution in [0.2, 0.25) is 0 Å². The summed E-state index contributed by atoms with van der Waals surface area (Å²) in [6.07, 6.45) is 1.18. The molecule has 0 spiro atoms. The van der Waals surface area contributed by atoms with Crippen LogP contribution in [0.3, 0.4) is 0 Å². The van der Waals surface area contributed by atoms with Crippen LogP contribution < -0.4 is 0 Å². The number of Topliss-reactive ketones (excluding diaryl/α,β-unsaturated/α-hetero) is 1. The van der Waals surface area contributed by atoms with Gasteiger partial charge < -0.3 is 4.74 Å². The van der Waals surface area contributed by atoms with Crippen molar-refractivity contribution in [3.63, 3.8) is 0 Å². The van der Waals surface area contributed by atoms with Gasteiger partial charge in [0.15, 0.2) is 5.78 Å². The smallest absolute Gasteiger partial charge is 0.315 e. The number of allylic oxidation sites excluding steroid dienone is 2. The minimum Gasteiger partial charge on any atom is -0.465 e. The molecule has 1 aliphatic carbocycles. The highest BCUT2D eigenvalue weighted by atomic mass is 16.5. The average Bonchev–Trinajstić information content (AvgIpc) is 2.75. The van der Waals surface area contributed by atoms with Crippen molar-refractivity contribution in [2.45, 2.75) is 46.5 Å². The lowest BCUT2D eigenvalue weighted by atomic mass is 9.65. The van der Waals surface area contributed by atoms with Crippen molar-refractivity contribution in [3.05, 3.63) is 71.4 Å². The number of fused-ring (bicyclic) bond motifs is 2. The Labute approximate surface area is 194 Å². The number of nitrogens with zero attached hydrogens (tertiary/aromatic N) is 1. The maximum absolute atomic E-state index is 13.7. The molecule has 2 aliphatic rings. The van der Waals surface area contributed by atoms with Gasteiger partial charge in [-0.05, 0) is 58.9 Å². The second-order valence-corrected chi connectivity index (χ2v) is 9.99. The maximum Gasteiger partial charge on any atom is 0.315 e. The van der Waals surface area contributed by atoms with Crippen molar-refractivity contribution in [1.82, 2.24) is 0 Å². The van der Waals surface area contributed by atoms with Gasteiger partial charge in [0, 0.05) is 29.3 Å². The Kier molecular flexibility index (Phi) is 5.19. The highest BCUT2D eigenvalue weighted by Gasteiger charge is 2.46. The van der Waals surface area contributed by atoms with Crippen molar-refractivity contribution >= 4 is 39.0 Å². The van der Waals surface area contributed by atoms with E-state index in [1.54, 1.807) is 0 Å². The number of ketones is 1. The number of esters is 1. The Hall–Kier alpha value is -3.27. The largest absolute Gasteiger partial charge is 0.465 e. The summed E-state index contributed by atoms with van der Waals surface area (Å²) in [6, 6.07) is 18.6. The zero-order valence-corrected chi connectivity index (χ0v) is 19.6. The van der Waals surface area contributed by atoms with Crippen LogP contribution >= 0.6 is 0 Å². The van der Waals surface area contributed by atoms with Crippen LogP contribution in [0, 0.1) is 11.3 Å². The normalized spacial score (nSPS) is 22.3. The Morgan fingerprint density at radius 3 is 2.24 bits per heavy atom. The van der Waals surface area contributed by atoms with E-state index >= 15 is 0 Å². The second kappa shape index (κ2) is 7.95. The Balaban J connectivity index is 1.87. The first kappa shape index (κ1) is 21.6. The molecule has 1 aliphatic heterocycles. The molecule has 5 rings (SSSR count). The number of aliphatic imine (C=N–C) groups is 1. The minimum absolute atomic E-state index is 0.0915. The molecule has 3 aromatic carbocycles. The first-order valence-corrected chi connectivity index (χ1v) is 11.7. The highest BCUT2D eigenvalue weighted by molar-refractivity contribution is 6.12. The van der Waals surface area contributed by atoms with Crippen molar-refractivity contribution in [1.29, 1.82) is 0 Å². The van der Waals surface area contributed by atoms with Gasteiger partial charge >= 0.3 is 5.97 Å². The summed E-state index contributed by atoms with van der Waals surface area (Å²) in [5.41, 5.74) is 3.12. The number of benzene rings is 3. The number of carbonyl (C=O) groups is 2. The molecule has 0 radical (unpaired) electrons. The van der Waals surface area contributed by atoms with Gasteiger partial charge in [0.25, 0.3) is 0 Å².